The monoisotopic (exact) mass is 1030 g/mol. The number of rotatable bonds is 36. The SMILES string of the molecule is O=C(CCCCCOc1ccc(N=Nc2ccc(OCCCCCC(=O)Oc3ccc(C(=O)OCCCCCCCc4ccccc4)cc3)cc2)cc1)Oc1ccc(C(=O)OCCCCCCCc2ccccc2)cc1. The van der Waals surface area contributed by atoms with Crippen LogP contribution in [-0.4, -0.2) is 50.3 Å². The number of hydrogen-bond acceptors (Lipinski definition) is 12. The molecule has 0 radical (unpaired) electrons. The Kier molecular flexibility index (Phi) is 26.4. The number of unbranched alkanes of at least 4 members (excludes halogenated alkanes) is 12. The smallest absolute Gasteiger partial charge is 0.338 e. The molecule has 76 heavy (non-hydrogen) atoms. The van der Waals surface area contributed by atoms with E-state index in [0.717, 1.165) is 114 Å². The Labute approximate surface area is 449 Å². The van der Waals surface area contributed by atoms with Gasteiger partial charge < -0.3 is 28.4 Å². The molecule has 0 aromatic heterocycles. The van der Waals surface area contributed by atoms with Gasteiger partial charge in [0.25, 0.3) is 0 Å². The van der Waals surface area contributed by atoms with E-state index in [0.29, 0.717) is 73.3 Å². The Bertz CT molecular complexity index is 2420. The first-order valence-electron chi connectivity index (χ1n) is 27.3. The minimum absolute atomic E-state index is 0.284. The summed E-state index contributed by atoms with van der Waals surface area (Å²) in [7, 11) is 0. The summed E-state index contributed by atoms with van der Waals surface area (Å²) in [6.07, 6.45) is 17.9. The number of hydrogen-bond donors (Lipinski definition) is 0. The number of carbonyl (C=O) groups is 4. The molecule has 12 nitrogen and oxygen atoms in total. The van der Waals surface area contributed by atoms with Crippen LogP contribution < -0.4 is 18.9 Å². The zero-order chi connectivity index (χ0) is 53.1. The summed E-state index contributed by atoms with van der Waals surface area (Å²) in [5, 5.41) is 8.68. The van der Waals surface area contributed by atoms with Gasteiger partial charge in [0.05, 0.1) is 48.9 Å². The fourth-order valence-corrected chi connectivity index (χ4v) is 8.20. The molecule has 0 aliphatic rings. The van der Waals surface area contributed by atoms with Crippen LogP contribution in [-0.2, 0) is 31.9 Å². The van der Waals surface area contributed by atoms with Crippen LogP contribution in [0.5, 0.6) is 23.0 Å². The number of esters is 4. The summed E-state index contributed by atoms with van der Waals surface area (Å²) in [4.78, 5) is 49.7. The van der Waals surface area contributed by atoms with Crippen molar-refractivity contribution < 1.29 is 47.6 Å². The van der Waals surface area contributed by atoms with Gasteiger partial charge in [-0.05, 0) is 185 Å². The Morgan fingerprint density at radius 2 is 0.645 bits per heavy atom. The molecule has 0 N–H and O–H groups in total. The van der Waals surface area contributed by atoms with Crippen LogP contribution in [0.1, 0.15) is 147 Å². The summed E-state index contributed by atoms with van der Waals surface area (Å²) >= 11 is 0. The largest absolute Gasteiger partial charge is 0.494 e. The molecular formula is C64H74N2O10. The summed E-state index contributed by atoms with van der Waals surface area (Å²) in [6, 6.07) is 48.8. The van der Waals surface area contributed by atoms with Gasteiger partial charge in [-0.2, -0.15) is 10.2 Å². The van der Waals surface area contributed by atoms with E-state index in [1.807, 2.05) is 60.7 Å². The quantitative estimate of drug-likeness (QED) is 0.0161. The second kappa shape index (κ2) is 34.8. The zero-order valence-electron chi connectivity index (χ0n) is 44.0. The van der Waals surface area contributed by atoms with Crippen LogP contribution in [0.25, 0.3) is 0 Å². The molecule has 0 amide bonds. The molecule has 0 fully saturated rings. The lowest BCUT2D eigenvalue weighted by Crippen LogP contribution is -2.09. The van der Waals surface area contributed by atoms with Crippen LogP contribution in [0.3, 0.4) is 0 Å². The Morgan fingerprint density at radius 3 is 1.04 bits per heavy atom. The van der Waals surface area contributed by atoms with Crippen molar-refractivity contribution in [2.75, 3.05) is 26.4 Å². The minimum atomic E-state index is -0.373. The topological polar surface area (TPSA) is 148 Å². The van der Waals surface area contributed by atoms with Crippen LogP contribution in [0, 0.1) is 0 Å². The highest BCUT2D eigenvalue weighted by molar-refractivity contribution is 5.90. The molecule has 0 aliphatic carbocycles. The second-order valence-corrected chi connectivity index (χ2v) is 18.8. The van der Waals surface area contributed by atoms with Crippen molar-refractivity contribution in [3.8, 4) is 23.0 Å². The third kappa shape index (κ3) is 23.7. The van der Waals surface area contributed by atoms with Crippen molar-refractivity contribution in [1.29, 1.82) is 0 Å². The molecule has 0 bridgehead atoms. The number of aryl methyl sites for hydroxylation is 2. The van der Waals surface area contributed by atoms with Crippen molar-refractivity contribution in [2.24, 2.45) is 10.2 Å². The molecule has 0 heterocycles. The molecule has 400 valence electrons. The molecule has 6 rings (SSSR count). The van der Waals surface area contributed by atoms with E-state index in [1.54, 1.807) is 48.5 Å². The van der Waals surface area contributed by atoms with Gasteiger partial charge in [0.2, 0.25) is 0 Å². The highest BCUT2D eigenvalue weighted by Crippen LogP contribution is 2.24. The van der Waals surface area contributed by atoms with Gasteiger partial charge in [0.15, 0.2) is 0 Å². The highest BCUT2D eigenvalue weighted by Gasteiger charge is 2.12. The summed E-state index contributed by atoms with van der Waals surface area (Å²) in [5.41, 5.74) is 4.99. The van der Waals surface area contributed by atoms with E-state index in [1.165, 1.54) is 11.1 Å². The van der Waals surface area contributed by atoms with Crippen LogP contribution in [0.15, 0.2) is 168 Å². The number of nitrogens with zero attached hydrogens (tertiary/aromatic N) is 2. The molecule has 0 saturated heterocycles. The van der Waals surface area contributed by atoms with Gasteiger partial charge in [0.1, 0.15) is 23.0 Å². The van der Waals surface area contributed by atoms with Crippen molar-refractivity contribution in [2.45, 2.75) is 128 Å². The summed E-state index contributed by atoms with van der Waals surface area (Å²) < 4.78 is 33.6. The average Bonchev–Trinajstić information content (AvgIpc) is 3.45. The molecule has 0 atom stereocenters. The first-order valence-corrected chi connectivity index (χ1v) is 27.3. The molecule has 0 spiro atoms. The van der Waals surface area contributed by atoms with Gasteiger partial charge in [-0.15, -0.1) is 0 Å². The molecule has 6 aromatic rings. The molecular weight excluding hydrogens is 957 g/mol. The lowest BCUT2D eigenvalue weighted by atomic mass is 10.1. The van der Waals surface area contributed by atoms with E-state index in [4.69, 9.17) is 28.4 Å². The fraction of sp³-hybridized carbons (Fsp3) is 0.375. The standard InChI is InChI=1S/C64H74N2O10/c67-61(75-59-39-31-53(32-40-59)63(69)73-49-19-5-1-3-11-23-51-25-13-7-14-26-51)29-17-9-21-47-71-57-43-35-55(36-44-57)65-66-56-37-45-58(46-38-56)72-48-22-10-18-30-62(68)76-60-41-33-54(34-42-60)64(70)74-50-20-6-2-4-12-24-52-27-15-8-16-28-52/h7-8,13-16,25-28,31-46H,1-6,9-12,17-24,29-30,47-50H2. The zero-order valence-corrected chi connectivity index (χ0v) is 44.0. The number of benzene rings is 6. The first kappa shape index (κ1) is 57.7. The van der Waals surface area contributed by atoms with Gasteiger partial charge >= 0.3 is 23.9 Å². The number of ether oxygens (including phenoxy) is 6. The van der Waals surface area contributed by atoms with E-state index in [2.05, 4.69) is 58.8 Å². The Hall–Kier alpha value is -7.60. The lowest BCUT2D eigenvalue weighted by Gasteiger charge is -2.08. The highest BCUT2D eigenvalue weighted by atomic mass is 16.5. The van der Waals surface area contributed by atoms with Crippen molar-refractivity contribution >= 4 is 35.3 Å². The molecule has 6 aromatic carbocycles. The molecule has 0 unspecified atom stereocenters. The first-order chi connectivity index (χ1) is 37.4. The Balaban J connectivity index is 0.724. The average molecular weight is 1030 g/mol. The van der Waals surface area contributed by atoms with Crippen LogP contribution in [0.2, 0.25) is 0 Å². The lowest BCUT2D eigenvalue weighted by molar-refractivity contribution is -0.135. The summed E-state index contributed by atoms with van der Waals surface area (Å²) in [6.45, 7) is 1.82. The predicted octanol–water partition coefficient (Wildman–Crippen LogP) is 15.9. The normalized spacial score (nSPS) is 11.0. The maximum Gasteiger partial charge on any atom is 0.338 e. The van der Waals surface area contributed by atoms with Gasteiger partial charge in [-0.3, -0.25) is 9.59 Å². The molecule has 12 heteroatoms. The van der Waals surface area contributed by atoms with E-state index in [9.17, 15) is 19.2 Å². The van der Waals surface area contributed by atoms with Crippen molar-refractivity contribution in [3.63, 3.8) is 0 Å². The van der Waals surface area contributed by atoms with Crippen molar-refractivity contribution in [1.82, 2.24) is 0 Å². The third-order valence-corrected chi connectivity index (χ3v) is 12.6. The van der Waals surface area contributed by atoms with E-state index >= 15 is 0 Å². The van der Waals surface area contributed by atoms with Crippen LogP contribution in [0.4, 0.5) is 11.4 Å². The van der Waals surface area contributed by atoms with E-state index in [-0.39, 0.29) is 36.7 Å². The fourth-order valence-electron chi connectivity index (χ4n) is 8.20. The molecule has 0 saturated carbocycles. The van der Waals surface area contributed by atoms with Gasteiger partial charge in [0, 0.05) is 12.8 Å². The molecule has 0 aliphatic heterocycles. The number of carbonyl (C=O) groups excluding carboxylic acids is 4. The van der Waals surface area contributed by atoms with Gasteiger partial charge in [-0.1, -0.05) is 99.2 Å². The predicted molar refractivity (Wildman–Crippen MR) is 296 cm³/mol. The summed E-state index contributed by atoms with van der Waals surface area (Å²) in [5.74, 6) is 0.860. The maximum atomic E-state index is 12.4. The van der Waals surface area contributed by atoms with Crippen molar-refractivity contribution in [3.05, 3.63) is 180 Å². The Morgan fingerprint density at radius 1 is 0.316 bits per heavy atom. The minimum Gasteiger partial charge on any atom is -0.494 e. The number of azo groups is 1. The third-order valence-electron chi connectivity index (χ3n) is 12.6. The maximum absolute atomic E-state index is 12.4. The second-order valence-electron chi connectivity index (χ2n) is 18.8. The van der Waals surface area contributed by atoms with E-state index < -0.39 is 0 Å². The van der Waals surface area contributed by atoms with Gasteiger partial charge in [-0.25, -0.2) is 9.59 Å². The van der Waals surface area contributed by atoms with Crippen LogP contribution >= 0.6 is 0 Å².